The van der Waals surface area contributed by atoms with Gasteiger partial charge in [0.2, 0.25) is 0 Å². The Kier molecular flexibility index (Phi) is 11.0. The number of carbonyl (C=O) groups is 1. The van der Waals surface area contributed by atoms with Crippen molar-refractivity contribution in [2.45, 2.75) is 57.9 Å². The Morgan fingerprint density at radius 2 is 2.04 bits per heavy atom. The summed E-state index contributed by atoms with van der Waals surface area (Å²) in [4.78, 5) is 19.7. The van der Waals surface area contributed by atoms with Crippen LogP contribution in [0.1, 0.15) is 62.8 Å². The topological polar surface area (TPSA) is 66.0 Å². The molecule has 1 atom stereocenters. The molecule has 0 spiro atoms. The Morgan fingerprint density at radius 3 is 2.71 bits per heavy atom. The number of aliphatic imine (C=N–C) groups is 1. The number of carbonyl (C=O) groups excluding carboxylic acids is 1. The highest BCUT2D eigenvalue weighted by molar-refractivity contribution is 7.10. The molecule has 0 aliphatic carbocycles. The number of unbranched alkanes of at least 4 members (excludes halogenated alkanes) is 3. The van der Waals surface area contributed by atoms with E-state index in [4.69, 9.17) is 4.74 Å². The minimum Gasteiger partial charge on any atom is -0.466 e. The third kappa shape index (κ3) is 8.19. The highest BCUT2D eigenvalue weighted by atomic mass is 32.1. The average molecular weight is 409 g/mol. The van der Waals surface area contributed by atoms with Gasteiger partial charge in [-0.15, -0.1) is 11.3 Å². The number of hydrogen-bond acceptors (Lipinski definition) is 5. The minimum atomic E-state index is -0.0801. The van der Waals surface area contributed by atoms with Crippen LogP contribution >= 0.6 is 11.3 Å². The van der Waals surface area contributed by atoms with Gasteiger partial charge in [-0.05, 0) is 57.1 Å². The minimum absolute atomic E-state index is 0.0801. The lowest BCUT2D eigenvalue weighted by atomic mass is 10.1. The number of guanidine groups is 1. The van der Waals surface area contributed by atoms with E-state index in [9.17, 15) is 4.79 Å². The maximum atomic E-state index is 11.3. The first-order chi connectivity index (χ1) is 13.7. The predicted molar refractivity (Wildman–Crippen MR) is 117 cm³/mol. The molecule has 1 unspecified atom stereocenters. The fraction of sp³-hybridized carbons (Fsp3) is 0.714. The fourth-order valence-corrected chi connectivity index (χ4v) is 4.41. The third-order valence-electron chi connectivity index (χ3n) is 5.04. The molecule has 0 saturated carbocycles. The summed E-state index contributed by atoms with van der Waals surface area (Å²) in [6, 6.07) is 4.80. The van der Waals surface area contributed by atoms with E-state index in [0.29, 0.717) is 19.1 Å². The molecular weight excluding hydrogens is 372 g/mol. The van der Waals surface area contributed by atoms with E-state index in [2.05, 4.69) is 38.0 Å². The summed E-state index contributed by atoms with van der Waals surface area (Å²) >= 11 is 1.84. The van der Waals surface area contributed by atoms with Gasteiger partial charge < -0.3 is 15.4 Å². The largest absolute Gasteiger partial charge is 0.466 e. The molecule has 2 N–H and O–H groups in total. The standard InChI is InChI=1S/C21H36N4O2S/c1-3-27-20(26)12-6-4-5-7-13-23-21(22-2)24-17-18(19-11-10-16-28-19)25-14-8-9-15-25/h10-11,16,18H,3-9,12-15,17H2,1-2H3,(H2,22,23,24). The molecule has 0 aromatic carbocycles. The van der Waals surface area contributed by atoms with E-state index < -0.39 is 0 Å². The summed E-state index contributed by atoms with van der Waals surface area (Å²) < 4.78 is 4.95. The Morgan fingerprint density at radius 1 is 1.25 bits per heavy atom. The summed E-state index contributed by atoms with van der Waals surface area (Å²) in [7, 11) is 1.82. The van der Waals surface area contributed by atoms with Gasteiger partial charge in [-0.1, -0.05) is 18.9 Å². The van der Waals surface area contributed by atoms with Crippen LogP contribution in [0.2, 0.25) is 0 Å². The normalized spacial score (nSPS) is 16.1. The molecule has 0 amide bonds. The van der Waals surface area contributed by atoms with E-state index >= 15 is 0 Å². The van der Waals surface area contributed by atoms with Gasteiger partial charge in [-0.3, -0.25) is 14.7 Å². The molecule has 6 nitrogen and oxygen atoms in total. The molecule has 1 fully saturated rings. The van der Waals surface area contributed by atoms with Crippen LogP contribution in [0.5, 0.6) is 0 Å². The van der Waals surface area contributed by atoms with Gasteiger partial charge in [0.05, 0.1) is 12.6 Å². The number of nitrogens with zero attached hydrogens (tertiary/aromatic N) is 2. The highest BCUT2D eigenvalue weighted by Gasteiger charge is 2.24. The van der Waals surface area contributed by atoms with Gasteiger partial charge in [0.15, 0.2) is 5.96 Å². The predicted octanol–water partition coefficient (Wildman–Crippen LogP) is 3.56. The van der Waals surface area contributed by atoms with Crippen molar-refractivity contribution >= 4 is 23.3 Å². The first-order valence-electron chi connectivity index (χ1n) is 10.6. The van der Waals surface area contributed by atoms with Crippen LogP contribution in [0.25, 0.3) is 0 Å². The van der Waals surface area contributed by atoms with Crippen molar-refractivity contribution in [3.8, 4) is 0 Å². The zero-order chi connectivity index (χ0) is 20.0. The molecule has 1 aromatic rings. The Labute approximate surface area is 173 Å². The van der Waals surface area contributed by atoms with E-state index in [1.807, 2.05) is 25.3 Å². The van der Waals surface area contributed by atoms with Crippen molar-refractivity contribution in [3.05, 3.63) is 22.4 Å². The molecule has 1 aliphatic rings. The lowest BCUT2D eigenvalue weighted by Gasteiger charge is -2.27. The molecule has 0 radical (unpaired) electrons. The van der Waals surface area contributed by atoms with Gasteiger partial charge in [-0.2, -0.15) is 0 Å². The average Bonchev–Trinajstić information content (AvgIpc) is 3.40. The van der Waals surface area contributed by atoms with Gasteiger partial charge in [0.1, 0.15) is 0 Å². The highest BCUT2D eigenvalue weighted by Crippen LogP contribution is 2.27. The van der Waals surface area contributed by atoms with E-state index in [0.717, 1.165) is 44.7 Å². The summed E-state index contributed by atoms with van der Waals surface area (Å²) in [6.45, 7) is 6.45. The van der Waals surface area contributed by atoms with Crippen molar-refractivity contribution in [1.82, 2.24) is 15.5 Å². The molecule has 7 heteroatoms. The molecule has 2 heterocycles. The maximum absolute atomic E-state index is 11.3. The van der Waals surface area contributed by atoms with Crippen molar-refractivity contribution in [2.75, 3.05) is 39.8 Å². The zero-order valence-corrected chi connectivity index (χ0v) is 18.2. The summed E-state index contributed by atoms with van der Waals surface area (Å²) in [5.41, 5.74) is 0. The van der Waals surface area contributed by atoms with Crippen LogP contribution in [-0.2, 0) is 9.53 Å². The van der Waals surface area contributed by atoms with Crippen LogP contribution in [0, 0.1) is 0 Å². The maximum Gasteiger partial charge on any atom is 0.305 e. The van der Waals surface area contributed by atoms with Crippen molar-refractivity contribution in [2.24, 2.45) is 4.99 Å². The monoisotopic (exact) mass is 408 g/mol. The first kappa shape index (κ1) is 22.7. The SMILES string of the molecule is CCOC(=O)CCCCCCNC(=NC)NCC(c1cccs1)N1CCCC1. The van der Waals surface area contributed by atoms with Crippen molar-refractivity contribution in [1.29, 1.82) is 0 Å². The van der Waals surface area contributed by atoms with Crippen molar-refractivity contribution in [3.63, 3.8) is 0 Å². The molecule has 28 heavy (non-hydrogen) atoms. The molecule has 1 aromatic heterocycles. The van der Waals surface area contributed by atoms with Crippen LogP contribution in [0.15, 0.2) is 22.5 Å². The Bertz CT molecular complexity index is 571. The molecule has 2 rings (SSSR count). The van der Waals surface area contributed by atoms with E-state index in [-0.39, 0.29) is 5.97 Å². The lowest BCUT2D eigenvalue weighted by Crippen LogP contribution is -2.42. The van der Waals surface area contributed by atoms with Crippen LogP contribution in [0.3, 0.4) is 0 Å². The number of nitrogens with one attached hydrogen (secondary N) is 2. The van der Waals surface area contributed by atoms with E-state index in [1.54, 1.807) is 0 Å². The number of esters is 1. The van der Waals surface area contributed by atoms with Crippen molar-refractivity contribution < 1.29 is 9.53 Å². The van der Waals surface area contributed by atoms with Gasteiger partial charge in [0, 0.05) is 31.4 Å². The van der Waals surface area contributed by atoms with E-state index in [1.165, 1.54) is 30.8 Å². The second-order valence-electron chi connectivity index (χ2n) is 7.12. The quantitative estimate of drug-likeness (QED) is 0.240. The first-order valence-corrected chi connectivity index (χ1v) is 11.5. The lowest BCUT2D eigenvalue weighted by molar-refractivity contribution is -0.143. The smallest absolute Gasteiger partial charge is 0.305 e. The number of thiophene rings is 1. The Balaban J connectivity index is 1.63. The number of ether oxygens (including phenoxy) is 1. The Hall–Kier alpha value is -1.60. The summed E-state index contributed by atoms with van der Waals surface area (Å²) in [5.74, 6) is 0.788. The van der Waals surface area contributed by atoms with Gasteiger partial charge >= 0.3 is 5.97 Å². The summed E-state index contributed by atoms with van der Waals surface area (Å²) in [6.07, 6.45) is 7.27. The van der Waals surface area contributed by atoms with Gasteiger partial charge in [-0.25, -0.2) is 0 Å². The van der Waals surface area contributed by atoms with Crippen LogP contribution in [0.4, 0.5) is 0 Å². The molecule has 1 aliphatic heterocycles. The molecule has 1 saturated heterocycles. The van der Waals surface area contributed by atoms with Crippen LogP contribution in [-0.4, -0.2) is 56.7 Å². The number of likely N-dealkylation sites (tertiary alicyclic amines) is 1. The molecule has 158 valence electrons. The fourth-order valence-electron chi connectivity index (χ4n) is 3.55. The molecular formula is C21H36N4O2S. The second kappa shape index (κ2) is 13.6. The van der Waals surface area contributed by atoms with Crippen LogP contribution < -0.4 is 10.6 Å². The summed E-state index contributed by atoms with van der Waals surface area (Å²) in [5, 5.41) is 9.08. The second-order valence-corrected chi connectivity index (χ2v) is 8.10. The number of rotatable bonds is 12. The molecule has 0 bridgehead atoms. The third-order valence-corrected chi connectivity index (χ3v) is 6.02. The zero-order valence-electron chi connectivity index (χ0n) is 17.4. The number of hydrogen-bond donors (Lipinski definition) is 2. The van der Waals surface area contributed by atoms with Gasteiger partial charge in [0.25, 0.3) is 0 Å².